The quantitative estimate of drug-likeness (QED) is 0.295. The molecule has 5 atom stereocenters. The zero-order chi connectivity index (χ0) is 35.1. The second kappa shape index (κ2) is 13.7. The van der Waals surface area contributed by atoms with E-state index in [4.69, 9.17) is 25.5 Å². The van der Waals surface area contributed by atoms with Crippen LogP contribution in [-0.4, -0.2) is 71.4 Å². The van der Waals surface area contributed by atoms with Crippen LogP contribution in [0, 0.1) is 17.3 Å². The van der Waals surface area contributed by atoms with Gasteiger partial charge in [-0.3, -0.25) is 23.9 Å². The predicted molar refractivity (Wildman–Crippen MR) is 180 cm³/mol. The summed E-state index contributed by atoms with van der Waals surface area (Å²) < 4.78 is 45.2. The third kappa shape index (κ3) is 8.30. The fourth-order valence-corrected chi connectivity index (χ4v) is 8.52. The Labute approximate surface area is 291 Å². The molecule has 266 valence electrons. The van der Waals surface area contributed by atoms with Crippen LogP contribution in [0.1, 0.15) is 91.4 Å². The van der Waals surface area contributed by atoms with Crippen molar-refractivity contribution in [2.24, 2.45) is 17.3 Å². The van der Waals surface area contributed by atoms with E-state index < -0.39 is 56.2 Å². The number of carbonyl (C=O) groups is 4. The number of allylic oxidation sites excluding steroid dienone is 2. The number of ketones is 1. The zero-order valence-electron chi connectivity index (χ0n) is 28.1. The number of amides is 2. The molecule has 6 rings (SSSR count). The van der Waals surface area contributed by atoms with Crippen LogP contribution in [0.15, 0.2) is 34.8 Å². The van der Waals surface area contributed by atoms with Gasteiger partial charge in [0, 0.05) is 29.8 Å². The van der Waals surface area contributed by atoms with Crippen LogP contribution in [0.2, 0.25) is 5.02 Å². The summed E-state index contributed by atoms with van der Waals surface area (Å²) in [5, 5.41) is -0.130. The smallest absolute Gasteiger partial charge is 0.394 e. The fraction of sp³-hybridized carbons (Fsp3) is 0.629. The Hall–Kier alpha value is -3.45. The van der Waals surface area contributed by atoms with Crippen molar-refractivity contribution in [3.63, 3.8) is 0 Å². The summed E-state index contributed by atoms with van der Waals surface area (Å²) in [5.41, 5.74) is -1.02. The first-order valence-corrected chi connectivity index (χ1v) is 19.1. The number of halogens is 1. The molecule has 1 saturated heterocycles. The maximum atomic E-state index is 14.3. The minimum atomic E-state index is -3.83. The number of nitrogens with one attached hydrogen (secondary N) is 1. The van der Waals surface area contributed by atoms with E-state index in [1.165, 1.54) is 4.90 Å². The summed E-state index contributed by atoms with van der Waals surface area (Å²) in [4.78, 5) is 61.1. The minimum Gasteiger partial charge on any atom is -0.460 e. The first kappa shape index (κ1) is 35.4. The summed E-state index contributed by atoms with van der Waals surface area (Å²) in [6.45, 7) is 5.32. The molecule has 0 unspecified atom stereocenters. The Morgan fingerprint density at radius 2 is 1.92 bits per heavy atom. The van der Waals surface area contributed by atoms with Gasteiger partial charge in [-0.25, -0.2) is 8.42 Å². The normalized spacial score (nSPS) is 28.9. The van der Waals surface area contributed by atoms with E-state index in [1.54, 1.807) is 39.0 Å². The van der Waals surface area contributed by atoms with Crippen molar-refractivity contribution in [1.82, 2.24) is 14.6 Å². The molecular formula is C35H44ClN3O9S. The van der Waals surface area contributed by atoms with Gasteiger partial charge >= 0.3 is 12.0 Å². The van der Waals surface area contributed by atoms with Gasteiger partial charge in [-0.15, -0.1) is 0 Å². The van der Waals surface area contributed by atoms with Gasteiger partial charge in [-0.2, -0.15) is 4.98 Å². The zero-order valence-corrected chi connectivity index (χ0v) is 29.7. The van der Waals surface area contributed by atoms with Crippen molar-refractivity contribution in [1.29, 1.82) is 0 Å². The van der Waals surface area contributed by atoms with Gasteiger partial charge in [-0.1, -0.05) is 36.6 Å². The van der Waals surface area contributed by atoms with Crippen molar-refractivity contribution >= 4 is 56.3 Å². The van der Waals surface area contributed by atoms with Gasteiger partial charge in [0.25, 0.3) is 0 Å². The topological polar surface area (TPSA) is 162 Å². The van der Waals surface area contributed by atoms with E-state index in [1.807, 2.05) is 12.2 Å². The lowest BCUT2D eigenvalue weighted by Crippen LogP contribution is -2.46. The molecule has 2 amide bonds. The summed E-state index contributed by atoms with van der Waals surface area (Å²) in [7, 11) is -3.83. The second-order valence-corrected chi connectivity index (χ2v) is 17.3. The molecule has 3 fully saturated rings. The number of hydrogen-bond donors (Lipinski definition) is 1. The number of ether oxygens (including phenoxy) is 2. The van der Waals surface area contributed by atoms with Crippen LogP contribution in [-0.2, 0) is 33.9 Å². The number of benzene rings is 1. The molecule has 2 aliphatic heterocycles. The number of rotatable bonds is 7. The molecule has 0 spiro atoms. The number of aromatic nitrogens is 1. The Morgan fingerprint density at radius 1 is 1.14 bits per heavy atom. The standard InChI is InChI=1S/C35H44ClN3O9S/c1-34(2,3)48-30(41)15-21-9-7-5-4-6-8-10-22-18-35(22,32(43)38-49(44,45)25-12-13-25)19-28(40)27-17-24(20-39(27)31(21)42)46-33-37-26-14-11-23(36)16-29(26)47-33/h8,10-11,14,16,21-22,24-25,27H,4-7,9,12-13,15,17-20H2,1-3H3,(H,38,43)/b10-8-/t21-,22-,24-,27+,35-/m1/s1. The highest BCUT2D eigenvalue weighted by Gasteiger charge is 2.61. The van der Waals surface area contributed by atoms with Crippen molar-refractivity contribution in [3.8, 4) is 6.08 Å². The Morgan fingerprint density at radius 3 is 2.65 bits per heavy atom. The molecule has 1 aromatic carbocycles. The number of esters is 1. The molecule has 14 heteroatoms. The SMILES string of the molecule is CC(C)(C)OC(=O)C[C@H]1CCCCC/C=C\[C@@H]2C[C@@]2(C(=O)NS(=O)(=O)C2CC2)CC(=O)[C@@H]2C[C@@H](Oc3nc4ccc(Cl)cc4o3)CN2C1=O. The molecule has 1 N–H and O–H groups in total. The summed E-state index contributed by atoms with van der Waals surface area (Å²) in [5.74, 6) is -2.95. The van der Waals surface area contributed by atoms with E-state index in [2.05, 4.69) is 9.71 Å². The summed E-state index contributed by atoms with van der Waals surface area (Å²) >= 11 is 6.10. The summed E-state index contributed by atoms with van der Waals surface area (Å²) in [6, 6.07) is 4.00. The van der Waals surface area contributed by atoms with Gasteiger partial charge in [0.2, 0.25) is 21.8 Å². The molecule has 49 heavy (non-hydrogen) atoms. The Kier molecular flexibility index (Phi) is 9.89. The van der Waals surface area contributed by atoms with Crippen LogP contribution >= 0.6 is 11.6 Å². The lowest BCUT2D eigenvalue weighted by molar-refractivity contribution is -0.159. The first-order chi connectivity index (χ1) is 23.1. The molecule has 1 aromatic heterocycles. The highest BCUT2D eigenvalue weighted by atomic mass is 35.5. The lowest BCUT2D eigenvalue weighted by Gasteiger charge is -2.29. The molecule has 0 bridgehead atoms. The highest BCUT2D eigenvalue weighted by Crippen LogP contribution is 2.57. The fourth-order valence-electron chi connectivity index (χ4n) is 6.98. The monoisotopic (exact) mass is 717 g/mol. The van der Waals surface area contributed by atoms with Gasteiger partial charge < -0.3 is 18.8 Å². The molecule has 2 aliphatic carbocycles. The van der Waals surface area contributed by atoms with Gasteiger partial charge in [0.1, 0.15) is 17.2 Å². The molecular weight excluding hydrogens is 674 g/mol. The first-order valence-electron chi connectivity index (χ1n) is 17.1. The molecule has 3 heterocycles. The number of Topliss-reactive ketones (excluding diaryl/α,β-unsaturated/α-hetero) is 1. The highest BCUT2D eigenvalue weighted by molar-refractivity contribution is 7.90. The number of hydrogen-bond acceptors (Lipinski definition) is 10. The van der Waals surface area contributed by atoms with E-state index in [9.17, 15) is 27.6 Å². The number of carbonyl (C=O) groups excluding carboxylic acids is 4. The van der Waals surface area contributed by atoms with Crippen LogP contribution in [0.5, 0.6) is 6.08 Å². The minimum absolute atomic E-state index is 0.0259. The van der Waals surface area contributed by atoms with Crippen LogP contribution < -0.4 is 9.46 Å². The molecule has 12 nitrogen and oxygen atoms in total. The van der Waals surface area contributed by atoms with E-state index >= 15 is 0 Å². The van der Waals surface area contributed by atoms with Gasteiger partial charge in [0.15, 0.2) is 11.4 Å². The second-order valence-electron chi connectivity index (χ2n) is 14.9. The van der Waals surface area contributed by atoms with E-state index in [-0.39, 0.29) is 49.5 Å². The lowest BCUT2D eigenvalue weighted by atomic mass is 9.90. The number of nitrogens with zero attached hydrogens (tertiary/aromatic N) is 2. The van der Waals surface area contributed by atoms with Crippen LogP contribution in [0.4, 0.5) is 0 Å². The number of oxazole rings is 1. The average molecular weight is 718 g/mol. The predicted octanol–water partition coefficient (Wildman–Crippen LogP) is 5.27. The van der Waals surface area contributed by atoms with Crippen LogP contribution in [0.3, 0.4) is 0 Å². The molecule has 4 aliphatic rings. The van der Waals surface area contributed by atoms with Crippen molar-refractivity contribution in [3.05, 3.63) is 35.4 Å². The third-order valence-electron chi connectivity index (χ3n) is 9.76. The van der Waals surface area contributed by atoms with Crippen molar-refractivity contribution in [2.75, 3.05) is 6.54 Å². The molecule has 2 aromatic rings. The number of sulfonamides is 1. The van der Waals surface area contributed by atoms with Gasteiger partial charge in [-0.05, 0) is 77.3 Å². The van der Waals surface area contributed by atoms with Gasteiger partial charge in [0.05, 0.1) is 29.7 Å². The van der Waals surface area contributed by atoms with Crippen LogP contribution in [0.25, 0.3) is 11.1 Å². The molecule has 2 saturated carbocycles. The number of fused-ring (bicyclic) bond motifs is 3. The average Bonchev–Trinajstić information content (AvgIpc) is 3.90. The van der Waals surface area contributed by atoms with Crippen molar-refractivity contribution in [2.45, 2.75) is 114 Å². The van der Waals surface area contributed by atoms with E-state index in [0.717, 1.165) is 19.3 Å². The summed E-state index contributed by atoms with van der Waals surface area (Å²) in [6.07, 6.45) is 7.74. The maximum Gasteiger partial charge on any atom is 0.394 e. The Bertz CT molecular complexity index is 1760. The third-order valence-corrected chi connectivity index (χ3v) is 11.8. The largest absolute Gasteiger partial charge is 0.460 e. The van der Waals surface area contributed by atoms with E-state index in [0.29, 0.717) is 48.2 Å². The molecule has 0 radical (unpaired) electrons. The van der Waals surface area contributed by atoms with Crippen molar-refractivity contribution < 1.29 is 41.5 Å². The maximum absolute atomic E-state index is 14.3. The Balaban J connectivity index is 1.28.